The van der Waals surface area contributed by atoms with E-state index in [-0.39, 0.29) is 12.5 Å². The van der Waals surface area contributed by atoms with Gasteiger partial charge in [0, 0.05) is 17.2 Å². The van der Waals surface area contributed by atoms with Crippen LogP contribution in [0.2, 0.25) is 10.0 Å². The number of hydrogen-bond acceptors (Lipinski definition) is 5. The zero-order valence-electron chi connectivity index (χ0n) is 17.5. The number of amides is 1. The average molecular weight is 499 g/mol. The Hall–Kier alpha value is -2.87. The van der Waals surface area contributed by atoms with Gasteiger partial charge < -0.3 is 10.1 Å². The largest absolute Gasteiger partial charge is 0.482 e. The van der Waals surface area contributed by atoms with Crippen molar-refractivity contribution in [3.63, 3.8) is 0 Å². The molecule has 0 spiro atoms. The van der Waals surface area contributed by atoms with E-state index in [0.717, 1.165) is 30.5 Å². The molecule has 1 atom stereocenters. The Kier molecular flexibility index (Phi) is 6.35. The van der Waals surface area contributed by atoms with Gasteiger partial charge in [0.25, 0.3) is 5.91 Å². The van der Waals surface area contributed by atoms with Gasteiger partial charge in [-0.3, -0.25) is 4.79 Å². The number of thiazole rings is 1. The first-order valence-corrected chi connectivity index (χ1v) is 12.2. The maximum atomic E-state index is 11.8. The number of rotatable bonds is 4. The van der Waals surface area contributed by atoms with E-state index < -0.39 is 0 Å². The maximum absolute atomic E-state index is 11.8. The summed E-state index contributed by atoms with van der Waals surface area (Å²) in [5, 5.41) is 10.6. The van der Waals surface area contributed by atoms with Crippen LogP contribution in [0.15, 0.2) is 64.0 Å². The third-order valence-electron chi connectivity index (χ3n) is 5.42. The molecule has 1 unspecified atom stereocenters. The van der Waals surface area contributed by atoms with Crippen molar-refractivity contribution in [3.8, 4) is 17.0 Å². The number of fused-ring (bicyclic) bond motifs is 1. The van der Waals surface area contributed by atoms with Crippen LogP contribution in [0.3, 0.4) is 0 Å². The highest BCUT2D eigenvalue weighted by atomic mass is 35.5. The molecule has 0 radical (unpaired) electrons. The van der Waals surface area contributed by atoms with Crippen molar-refractivity contribution in [1.29, 1.82) is 0 Å². The van der Waals surface area contributed by atoms with E-state index in [1.54, 1.807) is 12.1 Å². The Balaban J connectivity index is 1.59. The molecule has 1 aliphatic heterocycles. The number of allylic oxidation sites excluding steroid dienone is 2. The lowest BCUT2D eigenvalue weighted by atomic mass is 9.96. The molecular formula is C24H20Cl2N4O2S. The molecule has 0 bridgehead atoms. The summed E-state index contributed by atoms with van der Waals surface area (Å²) in [5.74, 6) is 0.860. The third kappa shape index (κ3) is 4.90. The van der Waals surface area contributed by atoms with Crippen molar-refractivity contribution >= 4 is 58.0 Å². The van der Waals surface area contributed by atoms with E-state index in [1.165, 1.54) is 11.3 Å². The Labute approximate surface area is 204 Å². The predicted molar refractivity (Wildman–Crippen MR) is 134 cm³/mol. The molecule has 2 aromatic carbocycles. The Morgan fingerprint density at radius 3 is 2.88 bits per heavy atom. The number of benzene rings is 2. The molecule has 0 saturated heterocycles. The van der Waals surface area contributed by atoms with Crippen molar-refractivity contribution in [1.82, 2.24) is 4.68 Å². The normalized spacial score (nSPS) is 18.3. The van der Waals surface area contributed by atoms with Gasteiger partial charge >= 0.3 is 0 Å². The predicted octanol–water partition coefficient (Wildman–Crippen LogP) is 6.28. The van der Waals surface area contributed by atoms with Crippen LogP contribution in [0.1, 0.15) is 19.3 Å². The topological polar surface area (TPSA) is 68.0 Å². The van der Waals surface area contributed by atoms with Crippen LogP contribution in [0.5, 0.6) is 5.75 Å². The molecule has 2 heterocycles. The van der Waals surface area contributed by atoms with Crippen LogP contribution in [0.25, 0.3) is 11.3 Å². The summed E-state index contributed by atoms with van der Waals surface area (Å²) >= 11 is 13.7. The number of aromatic nitrogens is 1. The summed E-state index contributed by atoms with van der Waals surface area (Å²) < 4.78 is 7.33. The fourth-order valence-corrected chi connectivity index (χ4v) is 4.86. The molecule has 9 heteroatoms. The number of carbonyl (C=O) groups is 1. The van der Waals surface area contributed by atoms with Gasteiger partial charge in [-0.05, 0) is 61.6 Å². The Bertz CT molecular complexity index is 1340. The molecule has 6 nitrogen and oxygen atoms in total. The number of carbonyl (C=O) groups excluding carboxylic acids is 1. The summed E-state index contributed by atoms with van der Waals surface area (Å²) in [6.45, 7) is 0.0254. The van der Waals surface area contributed by atoms with Gasteiger partial charge in [-0.15, -0.1) is 11.3 Å². The smallest absolute Gasteiger partial charge is 0.262 e. The second-order valence-electron chi connectivity index (χ2n) is 7.78. The zero-order chi connectivity index (χ0) is 22.8. The molecule has 1 aromatic heterocycles. The van der Waals surface area contributed by atoms with Gasteiger partial charge in [0.15, 0.2) is 6.61 Å². The van der Waals surface area contributed by atoms with Gasteiger partial charge in [-0.25, -0.2) is 9.67 Å². The number of hydrogen-bond donors (Lipinski definition) is 1. The molecule has 1 N–H and O–H groups in total. The molecule has 3 aromatic rings. The van der Waals surface area contributed by atoms with Gasteiger partial charge in [0.1, 0.15) is 5.75 Å². The first-order chi connectivity index (χ1) is 16.1. The van der Waals surface area contributed by atoms with Crippen molar-refractivity contribution in [2.75, 3.05) is 11.9 Å². The summed E-state index contributed by atoms with van der Waals surface area (Å²) in [4.78, 5) is 17.2. The first-order valence-electron chi connectivity index (χ1n) is 10.5. The van der Waals surface area contributed by atoms with Crippen LogP contribution >= 0.6 is 34.5 Å². The van der Waals surface area contributed by atoms with Gasteiger partial charge in [0.05, 0.1) is 27.1 Å². The highest BCUT2D eigenvalue weighted by Crippen LogP contribution is 2.33. The van der Waals surface area contributed by atoms with Gasteiger partial charge in [0.2, 0.25) is 4.80 Å². The van der Waals surface area contributed by atoms with Crippen LogP contribution in [-0.4, -0.2) is 23.4 Å². The molecule has 5 rings (SSSR count). The lowest BCUT2D eigenvalue weighted by molar-refractivity contribution is -0.118. The van der Waals surface area contributed by atoms with E-state index in [4.69, 9.17) is 38.0 Å². The van der Waals surface area contributed by atoms with E-state index >= 15 is 0 Å². The maximum Gasteiger partial charge on any atom is 0.262 e. The fraction of sp³-hybridized carbons (Fsp3) is 0.208. The minimum Gasteiger partial charge on any atom is -0.482 e. The van der Waals surface area contributed by atoms with E-state index in [1.807, 2.05) is 40.5 Å². The molecule has 1 aliphatic carbocycles. The molecule has 1 amide bonds. The molecule has 0 saturated carbocycles. The van der Waals surface area contributed by atoms with Crippen LogP contribution in [-0.2, 0) is 4.79 Å². The average Bonchev–Trinajstić information content (AvgIpc) is 3.22. The Morgan fingerprint density at radius 1 is 1.15 bits per heavy atom. The number of halogens is 2. The SMILES string of the molecule is O=C1COc2ccc(-c3csc(=Nc4ccc(Cl)c(Cl)c4)n3N=CC3CC=CCC3)cc2N1. The summed E-state index contributed by atoms with van der Waals surface area (Å²) in [6, 6.07) is 11.0. The molecule has 33 heavy (non-hydrogen) atoms. The molecule has 168 valence electrons. The van der Waals surface area contributed by atoms with Gasteiger partial charge in [-0.2, -0.15) is 5.10 Å². The number of anilines is 1. The lowest BCUT2D eigenvalue weighted by Gasteiger charge is -2.18. The van der Waals surface area contributed by atoms with E-state index in [0.29, 0.717) is 37.9 Å². The number of nitrogens with one attached hydrogen (secondary N) is 1. The van der Waals surface area contributed by atoms with Crippen LogP contribution in [0.4, 0.5) is 11.4 Å². The molecule has 0 fully saturated rings. The summed E-state index contributed by atoms with van der Waals surface area (Å²) in [6.07, 6.45) is 9.51. The third-order valence-corrected chi connectivity index (χ3v) is 6.98. The highest BCUT2D eigenvalue weighted by Gasteiger charge is 2.18. The minimum atomic E-state index is -0.170. The van der Waals surface area contributed by atoms with Crippen LogP contribution in [0, 0.1) is 5.92 Å². The number of nitrogens with zero attached hydrogens (tertiary/aromatic N) is 3. The summed E-state index contributed by atoms with van der Waals surface area (Å²) in [5.41, 5.74) is 3.09. The first kappa shape index (κ1) is 21.9. The minimum absolute atomic E-state index is 0.0254. The standard InChI is InChI=1S/C24H20Cl2N4O2S/c25-18-8-7-17(11-19(18)26)28-24-30(27-12-15-4-2-1-3-5-15)21(14-33-24)16-6-9-22-20(10-16)29-23(31)13-32-22/h1-2,6-12,14-15H,3-5,13H2,(H,29,31). The van der Waals surface area contributed by atoms with Crippen molar-refractivity contribution in [2.45, 2.75) is 19.3 Å². The van der Waals surface area contributed by atoms with E-state index in [2.05, 4.69) is 17.5 Å². The van der Waals surface area contributed by atoms with Crippen molar-refractivity contribution < 1.29 is 9.53 Å². The van der Waals surface area contributed by atoms with Crippen molar-refractivity contribution in [2.24, 2.45) is 16.0 Å². The second-order valence-corrected chi connectivity index (χ2v) is 9.43. The van der Waals surface area contributed by atoms with Crippen LogP contribution < -0.4 is 14.9 Å². The highest BCUT2D eigenvalue weighted by molar-refractivity contribution is 7.07. The quantitative estimate of drug-likeness (QED) is 0.339. The van der Waals surface area contributed by atoms with E-state index in [9.17, 15) is 4.79 Å². The fourth-order valence-electron chi connectivity index (χ4n) is 3.71. The Morgan fingerprint density at radius 2 is 2.06 bits per heavy atom. The second kappa shape index (κ2) is 9.55. The van der Waals surface area contributed by atoms with Crippen molar-refractivity contribution in [3.05, 3.63) is 68.8 Å². The lowest BCUT2D eigenvalue weighted by Crippen LogP contribution is -2.25. The molecule has 2 aliphatic rings. The zero-order valence-corrected chi connectivity index (χ0v) is 19.8. The summed E-state index contributed by atoms with van der Waals surface area (Å²) in [7, 11) is 0. The molecular weight excluding hydrogens is 479 g/mol. The van der Waals surface area contributed by atoms with Gasteiger partial charge in [-0.1, -0.05) is 35.4 Å². The number of ether oxygens (including phenoxy) is 1. The monoisotopic (exact) mass is 498 g/mol.